The van der Waals surface area contributed by atoms with Crippen LogP contribution in [0.25, 0.3) is 10.2 Å². The van der Waals surface area contributed by atoms with Crippen LogP contribution in [-0.4, -0.2) is 20.9 Å². The summed E-state index contributed by atoms with van der Waals surface area (Å²) in [6, 6.07) is 5.43. The van der Waals surface area contributed by atoms with Crippen molar-refractivity contribution in [1.29, 1.82) is 0 Å². The lowest BCUT2D eigenvalue weighted by Gasteiger charge is -2.00. The minimum atomic E-state index is -0.326. The second kappa shape index (κ2) is 4.86. The van der Waals surface area contributed by atoms with Gasteiger partial charge in [-0.05, 0) is 25.1 Å². The van der Waals surface area contributed by atoms with Crippen molar-refractivity contribution >= 4 is 38.3 Å². The summed E-state index contributed by atoms with van der Waals surface area (Å²) in [4.78, 5) is 24.4. The lowest BCUT2D eigenvalue weighted by atomic mass is 10.3. The quantitative estimate of drug-likeness (QED) is 0.704. The molecule has 3 N–H and O–H groups in total. The zero-order valence-electron chi connectivity index (χ0n) is 10.6. The van der Waals surface area contributed by atoms with Gasteiger partial charge in [0, 0.05) is 11.9 Å². The monoisotopic (exact) mass is 285 g/mol. The van der Waals surface area contributed by atoms with Crippen LogP contribution in [0.1, 0.15) is 16.2 Å². The molecule has 0 aliphatic rings. The number of hydrogen-bond donors (Lipinski definition) is 2. The maximum atomic E-state index is 12.0. The van der Waals surface area contributed by atoms with Crippen LogP contribution in [0.4, 0.5) is 10.8 Å². The molecule has 0 aliphatic carbocycles. The van der Waals surface area contributed by atoms with Crippen molar-refractivity contribution in [3.8, 4) is 0 Å². The number of aromatic nitrogens is 3. The number of nitrogens with one attached hydrogen (secondary N) is 1. The molecule has 0 unspecified atom stereocenters. The van der Waals surface area contributed by atoms with Gasteiger partial charge in [0.15, 0.2) is 5.13 Å². The number of amides is 1. The second-order valence-corrected chi connectivity index (χ2v) is 5.28. The molecule has 3 aromatic rings. The van der Waals surface area contributed by atoms with E-state index in [9.17, 15) is 4.79 Å². The van der Waals surface area contributed by atoms with Crippen molar-refractivity contribution in [1.82, 2.24) is 15.0 Å². The van der Waals surface area contributed by atoms with Gasteiger partial charge in [0.25, 0.3) is 5.91 Å². The van der Waals surface area contributed by atoms with Crippen LogP contribution in [0.5, 0.6) is 0 Å². The number of nitrogens with two attached hydrogens (primary N) is 1. The average molecular weight is 285 g/mol. The van der Waals surface area contributed by atoms with E-state index < -0.39 is 0 Å². The summed E-state index contributed by atoms with van der Waals surface area (Å²) in [6.07, 6.45) is 3.02. The Bertz CT molecular complexity index is 798. The van der Waals surface area contributed by atoms with E-state index in [0.717, 1.165) is 10.2 Å². The molecule has 0 fully saturated rings. The van der Waals surface area contributed by atoms with Gasteiger partial charge in [-0.1, -0.05) is 11.3 Å². The van der Waals surface area contributed by atoms with E-state index in [1.54, 1.807) is 19.2 Å². The molecule has 1 aromatic carbocycles. The van der Waals surface area contributed by atoms with Crippen molar-refractivity contribution in [2.75, 3.05) is 11.1 Å². The molecular formula is C13H11N5OS. The topological polar surface area (TPSA) is 93.8 Å². The molecule has 0 saturated heterocycles. The highest BCUT2D eigenvalue weighted by molar-refractivity contribution is 7.22. The summed E-state index contributed by atoms with van der Waals surface area (Å²) in [5.41, 5.74) is 8.14. The smallest absolute Gasteiger partial charge is 0.277 e. The third-order valence-corrected chi connectivity index (χ3v) is 3.55. The zero-order valence-corrected chi connectivity index (χ0v) is 11.4. The Hall–Kier alpha value is -2.54. The first kappa shape index (κ1) is 12.5. The van der Waals surface area contributed by atoms with Crippen LogP contribution >= 0.6 is 11.3 Å². The van der Waals surface area contributed by atoms with Gasteiger partial charge in [-0.25, -0.2) is 9.97 Å². The number of fused-ring (bicyclic) bond motifs is 1. The van der Waals surface area contributed by atoms with Gasteiger partial charge in [-0.15, -0.1) is 0 Å². The van der Waals surface area contributed by atoms with E-state index in [1.807, 2.05) is 12.1 Å². The zero-order chi connectivity index (χ0) is 14.1. The lowest BCUT2D eigenvalue weighted by molar-refractivity contribution is 0.102. The Balaban J connectivity index is 1.87. The summed E-state index contributed by atoms with van der Waals surface area (Å²) in [6.45, 7) is 1.78. The van der Waals surface area contributed by atoms with Crippen molar-refractivity contribution in [2.24, 2.45) is 0 Å². The molecule has 0 aliphatic heterocycles. The first-order chi connectivity index (χ1) is 9.61. The fourth-order valence-corrected chi connectivity index (χ4v) is 2.64. The molecule has 7 heteroatoms. The van der Waals surface area contributed by atoms with Crippen LogP contribution in [0.2, 0.25) is 0 Å². The largest absolute Gasteiger partial charge is 0.399 e. The van der Waals surface area contributed by atoms with Crippen LogP contribution in [0, 0.1) is 6.92 Å². The molecule has 1 amide bonds. The summed E-state index contributed by atoms with van der Waals surface area (Å²) in [7, 11) is 0. The Morgan fingerprint density at radius 1 is 1.30 bits per heavy atom. The summed E-state index contributed by atoms with van der Waals surface area (Å²) in [5.74, 6) is -0.326. The number of aryl methyl sites for hydroxylation is 1. The number of anilines is 2. The Morgan fingerprint density at radius 3 is 2.95 bits per heavy atom. The van der Waals surface area contributed by atoms with Crippen molar-refractivity contribution in [3.63, 3.8) is 0 Å². The number of hydrogen-bond acceptors (Lipinski definition) is 6. The number of thiazole rings is 1. The molecule has 0 atom stereocenters. The highest BCUT2D eigenvalue weighted by Gasteiger charge is 2.11. The van der Waals surface area contributed by atoms with Gasteiger partial charge in [0.2, 0.25) is 0 Å². The molecule has 0 saturated carbocycles. The third kappa shape index (κ3) is 2.43. The molecule has 100 valence electrons. The van der Waals surface area contributed by atoms with E-state index in [1.165, 1.54) is 17.5 Å². The average Bonchev–Trinajstić information content (AvgIpc) is 2.80. The number of carbonyl (C=O) groups excluding carboxylic acids is 1. The van der Waals surface area contributed by atoms with Crippen molar-refractivity contribution in [3.05, 3.63) is 42.0 Å². The van der Waals surface area contributed by atoms with E-state index in [2.05, 4.69) is 20.3 Å². The second-order valence-electron chi connectivity index (χ2n) is 4.25. The highest BCUT2D eigenvalue weighted by Crippen LogP contribution is 2.27. The molecule has 3 rings (SSSR count). The predicted octanol–water partition coefficient (Wildman–Crippen LogP) is 2.23. The molecule has 2 heterocycles. The van der Waals surface area contributed by atoms with E-state index in [4.69, 9.17) is 5.73 Å². The molecule has 6 nitrogen and oxygen atoms in total. The SMILES string of the molecule is Cc1cncc(C(=O)Nc2nc3ccc(N)cc3s2)n1. The van der Waals surface area contributed by atoms with Crippen molar-refractivity contribution in [2.45, 2.75) is 6.92 Å². The summed E-state index contributed by atoms with van der Waals surface area (Å²) in [5, 5.41) is 3.23. The number of rotatable bonds is 2. The van der Waals surface area contributed by atoms with Gasteiger partial charge in [0.1, 0.15) is 5.69 Å². The Labute approximate surface area is 118 Å². The van der Waals surface area contributed by atoms with Crippen LogP contribution in [-0.2, 0) is 0 Å². The normalized spacial score (nSPS) is 10.7. The Morgan fingerprint density at radius 2 is 2.15 bits per heavy atom. The lowest BCUT2D eigenvalue weighted by Crippen LogP contribution is -2.14. The molecule has 2 aromatic heterocycles. The van der Waals surface area contributed by atoms with Gasteiger partial charge in [-0.3, -0.25) is 15.1 Å². The van der Waals surface area contributed by atoms with Gasteiger partial charge < -0.3 is 5.73 Å². The fourth-order valence-electron chi connectivity index (χ4n) is 1.73. The highest BCUT2D eigenvalue weighted by atomic mass is 32.1. The standard InChI is InChI=1S/C13H11N5OS/c1-7-5-15-6-10(16-7)12(19)18-13-17-9-3-2-8(14)4-11(9)20-13/h2-6H,14H2,1H3,(H,17,18,19). The molecule has 0 bridgehead atoms. The minimum Gasteiger partial charge on any atom is -0.399 e. The maximum Gasteiger partial charge on any atom is 0.277 e. The van der Waals surface area contributed by atoms with Crippen LogP contribution < -0.4 is 11.1 Å². The summed E-state index contributed by atoms with van der Waals surface area (Å²) < 4.78 is 0.927. The van der Waals surface area contributed by atoms with Crippen molar-refractivity contribution < 1.29 is 4.79 Å². The van der Waals surface area contributed by atoms with E-state index in [0.29, 0.717) is 16.5 Å². The van der Waals surface area contributed by atoms with E-state index >= 15 is 0 Å². The first-order valence-corrected chi connectivity index (χ1v) is 6.69. The molecule has 20 heavy (non-hydrogen) atoms. The summed E-state index contributed by atoms with van der Waals surface area (Å²) >= 11 is 1.37. The van der Waals surface area contributed by atoms with E-state index in [-0.39, 0.29) is 11.6 Å². The maximum absolute atomic E-state index is 12.0. The minimum absolute atomic E-state index is 0.267. The predicted molar refractivity (Wildman–Crippen MR) is 78.8 cm³/mol. The van der Waals surface area contributed by atoms with Crippen LogP contribution in [0.3, 0.4) is 0 Å². The molecule has 0 spiro atoms. The van der Waals surface area contributed by atoms with Crippen LogP contribution in [0.15, 0.2) is 30.6 Å². The molecule has 0 radical (unpaired) electrons. The third-order valence-electron chi connectivity index (χ3n) is 2.62. The number of nitrogen functional groups attached to an aromatic ring is 1. The van der Waals surface area contributed by atoms with Gasteiger partial charge in [-0.2, -0.15) is 0 Å². The fraction of sp³-hybridized carbons (Fsp3) is 0.0769. The van der Waals surface area contributed by atoms with Gasteiger partial charge >= 0.3 is 0 Å². The number of carbonyl (C=O) groups is 1. The Kier molecular flexibility index (Phi) is 3.03. The first-order valence-electron chi connectivity index (χ1n) is 5.88. The number of benzene rings is 1. The van der Waals surface area contributed by atoms with Gasteiger partial charge in [0.05, 0.1) is 22.1 Å². The number of nitrogens with zero attached hydrogens (tertiary/aromatic N) is 3. The molecular weight excluding hydrogens is 274 g/mol.